The fourth-order valence-corrected chi connectivity index (χ4v) is 5.34. The summed E-state index contributed by atoms with van der Waals surface area (Å²) in [6.07, 6.45) is 5.84. The number of para-hydroxylation sites is 1. The highest BCUT2D eigenvalue weighted by Gasteiger charge is 2.27. The molecule has 0 aliphatic heterocycles. The molecule has 3 aromatic rings. The number of aryl methyl sites for hydroxylation is 2. The van der Waals surface area contributed by atoms with E-state index < -0.39 is 5.97 Å². The molecule has 4 rings (SSSR count). The van der Waals surface area contributed by atoms with Crippen LogP contribution in [-0.4, -0.2) is 21.9 Å². The van der Waals surface area contributed by atoms with Crippen molar-refractivity contribution in [3.8, 4) is 5.00 Å². The first-order chi connectivity index (χ1) is 13.6. The van der Waals surface area contributed by atoms with Crippen molar-refractivity contribution >= 4 is 29.2 Å². The third-order valence-corrected chi connectivity index (χ3v) is 6.49. The zero-order valence-electron chi connectivity index (χ0n) is 16.0. The lowest BCUT2D eigenvalue weighted by atomic mass is 9.95. The highest BCUT2D eigenvalue weighted by Crippen LogP contribution is 2.38. The SMILES string of the molecule is Cc1cc(C=NNc2ccccc2)c(C)n1-c1sc2c(c1C(=O)O)CCCC2. The van der Waals surface area contributed by atoms with E-state index in [9.17, 15) is 9.90 Å². The maximum Gasteiger partial charge on any atom is 0.339 e. The standard InChI is InChI=1S/C22H23N3O2S/c1-14-12-16(13-23-24-17-8-4-3-5-9-17)15(2)25(14)21-20(22(26)27)18-10-6-7-11-19(18)28-21/h3-5,8-9,12-13,24H,6-7,10-11H2,1-2H3,(H,26,27). The van der Waals surface area contributed by atoms with Crippen LogP contribution < -0.4 is 5.43 Å². The molecule has 0 spiro atoms. The number of rotatable bonds is 5. The molecular formula is C22H23N3O2S. The first-order valence-corrected chi connectivity index (χ1v) is 10.3. The lowest BCUT2D eigenvalue weighted by molar-refractivity contribution is 0.0696. The molecule has 5 nitrogen and oxygen atoms in total. The van der Waals surface area contributed by atoms with Crippen molar-refractivity contribution in [2.75, 3.05) is 5.43 Å². The fourth-order valence-electron chi connectivity index (χ4n) is 3.85. The van der Waals surface area contributed by atoms with E-state index in [1.165, 1.54) is 4.88 Å². The normalized spacial score (nSPS) is 13.6. The predicted molar refractivity (Wildman–Crippen MR) is 114 cm³/mol. The number of hydrogen-bond acceptors (Lipinski definition) is 4. The van der Waals surface area contributed by atoms with E-state index in [2.05, 4.69) is 21.2 Å². The van der Waals surface area contributed by atoms with Gasteiger partial charge >= 0.3 is 5.97 Å². The zero-order valence-corrected chi connectivity index (χ0v) is 16.8. The van der Waals surface area contributed by atoms with Crippen LogP contribution in [0.4, 0.5) is 5.69 Å². The Labute approximate surface area is 168 Å². The Bertz CT molecular complexity index is 1050. The Morgan fingerprint density at radius 2 is 1.96 bits per heavy atom. The number of nitrogens with one attached hydrogen (secondary N) is 1. The highest BCUT2D eigenvalue weighted by molar-refractivity contribution is 7.15. The van der Waals surface area contributed by atoms with Crippen LogP contribution in [0.5, 0.6) is 0 Å². The van der Waals surface area contributed by atoms with E-state index in [1.54, 1.807) is 17.6 Å². The number of carboxylic acid groups (broad SMARTS) is 1. The molecule has 0 atom stereocenters. The number of fused-ring (bicyclic) bond motifs is 1. The van der Waals surface area contributed by atoms with Gasteiger partial charge in [0, 0.05) is 21.8 Å². The van der Waals surface area contributed by atoms with Crippen molar-refractivity contribution < 1.29 is 9.90 Å². The Morgan fingerprint density at radius 1 is 1.21 bits per heavy atom. The molecule has 0 radical (unpaired) electrons. The predicted octanol–water partition coefficient (Wildman–Crippen LogP) is 5.18. The second-order valence-corrected chi connectivity index (χ2v) is 8.18. The van der Waals surface area contributed by atoms with Crippen LogP contribution in [-0.2, 0) is 12.8 Å². The second kappa shape index (κ2) is 7.64. The number of anilines is 1. The van der Waals surface area contributed by atoms with Gasteiger partial charge in [-0.05, 0) is 63.3 Å². The lowest BCUT2D eigenvalue weighted by Crippen LogP contribution is -2.09. The number of aromatic carboxylic acids is 1. The molecule has 0 fully saturated rings. The fraction of sp³-hybridized carbons (Fsp3) is 0.273. The molecule has 1 aliphatic rings. The number of carbonyl (C=O) groups is 1. The van der Waals surface area contributed by atoms with Crippen molar-refractivity contribution in [2.45, 2.75) is 39.5 Å². The van der Waals surface area contributed by atoms with Gasteiger partial charge in [0.15, 0.2) is 0 Å². The van der Waals surface area contributed by atoms with Gasteiger partial charge in [0.2, 0.25) is 0 Å². The van der Waals surface area contributed by atoms with Gasteiger partial charge in [0.05, 0.1) is 17.5 Å². The van der Waals surface area contributed by atoms with E-state index in [0.29, 0.717) is 5.56 Å². The summed E-state index contributed by atoms with van der Waals surface area (Å²) in [5, 5.41) is 15.1. The van der Waals surface area contributed by atoms with Gasteiger partial charge in [-0.3, -0.25) is 5.43 Å². The molecular weight excluding hydrogens is 370 g/mol. The van der Waals surface area contributed by atoms with Gasteiger partial charge in [-0.15, -0.1) is 11.3 Å². The Balaban J connectivity index is 1.70. The topological polar surface area (TPSA) is 66.6 Å². The number of carboxylic acids is 1. The summed E-state index contributed by atoms with van der Waals surface area (Å²) in [4.78, 5) is 13.3. The number of hydrogen-bond donors (Lipinski definition) is 2. The molecule has 144 valence electrons. The zero-order chi connectivity index (χ0) is 19.7. The average molecular weight is 394 g/mol. The van der Waals surface area contributed by atoms with Gasteiger partial charge in [-0.2, -0.15) is 5.10 Å². The number of aromatic nitrogens is 1. The van der Waals surface area contributed by atoms with Crippen molar-refractivity contribution in [3.63, 3.8) is 0 Å². The molecule has 2 aromatic heterocycles. The monoisotopic (exact) mass is 393 g/mol. The van der Waals surface area contributed by atoms with Crippen LogP contribution in [0.1, 0.15) is 50.6 Å². The number of nitrogens with zero attached hydrogens (tertiary/aromatic N) is 2. The minimum absolute atomic E-state index is 0.479. The van der Waals surface area contributed by atoms with Crippen LogP contribution >= 0.6 is 11.3 Å². The van der Waals surface area contributed by atoms with Crippen molar-refractivity contribution in [2.24, 2.45) is 5.10 Å². The Morgan fingerprint density at radius 3 is 2.71 bits per heavy atom. The molecule has 2 N–H and O–H groups in total. The van der Waals surface area contributed by atoms with E-state index in [-0.39, 0.29) is 0 Å². The molecule has 0 saturated carbocycles. The van der Waals surface area contributed by atoms with Crippen LogP contribution in [0.2, 0.25) is 0 Å². The summed E-state index contributed by atoms with van der Waals surface area (Å²) >= 11 is 1.63. The minimum Gasteiger partial charge on any atom is -0.478 e. The minimum atomic E-state index is -0.831. The number of benzene rings is 1. The maximum absolute atomic E-state index is 12.0. The molecule has 1 aromatic carbocycles. The largest absolute Gasteiger partial charge is 0.478 e. The van der Waals surface area contributed by atoms with Gasteiger partial charge < -0.3 is 9.67 Å². The number of hydrazone groups is 1. The van der Waals surface area contributed by atoms with E-state index in [0.717, 1.165) is 58.9 Å². The van der Waals surface area contributed by atoms with E-state index in [4.69, 9.17) is 0 Å². The third-order valence-electron chi connectivity index (χ3n) is 5.21. The summed E-state index contributed by atoms with van der Waals surface area (Å²) in [7, 11) is 0. The molecule has 0 saturated heterocycles. The molecule has 6 heteroatoms. The first kappa shape index (κ1) is 18.5. The van der Waals surface area contributed by atoms with Crippen molar-refractivity contribution in [1.29, 1.82) is 0 Å². The smallest absolute Gasteiger partial charge is 0.339 e. The van der Waals surface area contributed by atoms with Gasteiger partial charge in [0.1, 0.15) is 5.00 Å². The maximum atomic E-state index is 12.0. The summed E-state index contributed by atoms with van der Waals surface area (Å²) < 4.78 is 2.07. The van der Waals surface area contributed by atoms with Crippen LogP contribution in [0, 0.1) is 13.8 Å². The Hall–Kier alpha value is -2.86. The molecule has 28 heavy (non-hydrogen) atoms. The Kier molecular flexibility index (Phi) is 5.05. The average Bonchev–Trinajstić information content (AvgIpc) is 3.19. The van der Waals surface area contributed by atoms with Crippen LogP contribution in [0.15, 0.2) is 41.5 Å². The van der Waals surface area contributed by atoms with Gasteiger partial charge in [-0.1, -0.05) is 18.2 Å². The molecule has 0 amide bonds. The third kappa shape index (κ3) is 3.36. The van der Waals surface area contributed by atoms with Crippen molar-refractivity contribution in [3.05, 3.63) is 69.4 Å². The summed E-state index contributed by atoms with van der Waals surface area (Å²) in [6.45, 7) is 4.03. The van der Waals surface area contributed by atoms with Crippen LogP contribution in [0.3, 0.4) is 0 Å². The highest BCUT2D eigenvalue weighted by atomic mass is 32.1. The number of thiophene rings is 1. The lowest BCUT2D eigenvalue weighted by Gasteiger charge is -2.11. The van der Waals surface area contributed by atoms with Gasteiger partial charge in [-0.25, -0.2) is 4.79 Å². The summed E-state index contributed by atoms with van der Waals surface area (Å²) in [5.74, 6) is -0.831. The second-order valence-electron chi connectivity index (χ2n) is 7.09. The molecule has 0 unspecified atom stereocenters. The van der Waals surface area contributed by atoms with Crippen LogP contribution in [0.25, 0.3) is 5.00 Å². The molecule has 0 bridgehead atoms. The van der Waals surface area contributed by atoms with Gasteiger partial charge in [0.25, 0.3) is 0 Å². The molecule has 1 aliphatic carbocycles. The summed E-state index contributed by atoms with van der Waals surface area (Å²) in [5.41, 5.74) is 8.45. The molecule has 2 heterocycles. The summed E-state index contributed by atoms with van der Waals surface area (Å²) in [6, 6.07) is 11.8. The van der Waals surface area contributed by atoms with E-state index >= 15 is 0 Å². The quantitative estimate of drug-likeness (QED) is 0.464. The van der Waals surface area contributed by atoms with E-state index in [1.807, 2.05) is 44.2 Å². The first-order valence-electron chi connectivity index (χ1n) is 9.47. The van der Waals surface area contributed by atoms with Crippen molar-refractivity contribution in [1.82, 2.24) is 4.57 Å².